The van der Waals surface area contributed by atoms with E-state index in [0.29, 0.717) is 22.9 Å². The fourth-order valence-corrected chi connectivity index (χ4v) is 4.45. The lowest BCUT2D eigenvalue weighted by atomic mass is 9.73. The van der Waals surface area contributed by atoms with E-state index >= 15 is 0 Å². The fourth-order valence-electron chi connectivity index (χ4n) is 4.45. The molecule has 3 rings (SSSR count). The Bertz CT molecular complexity index is 856. The molecule has 2 amide bonds. The van der Waals surface area contributed by atoms with Crippen molar-refractivity contribution in [3.63, 3.8) is 0 Å². The first kappa shape index (κ1) is 23.0. The largest absolute Gasteiger partial charge is 0.465 e. The summed E-state index contributed by atoms with van der Waals surface area (Å²) >= 11 is 0. The van der Waals surface area contributed by atoms with E-state index in [9.17, 15) is 14.4 Å². The first-order chi connectivity index (χ1) is 14.8. The van der Waals surface area contributed by atoms with Crippen molar-refractivity contribution >= 4 is 29.2 Å². The number of rotatable bonds is 8. The molecule has 1 heterocycles. The van der Waals surface area contributed by atoms with Gasteiger partial charge in [-0.15, -0.1) is 0 Å². The first-order valence-electron chi connectivity index (χ1n) is 11.2. The quantitative estimate of drug-likeness (QED) is 0.606. The zero-order valence-corrected chi connectivity index (χ0v) is 18.8. The monoisotopic (exact) mass is 427 g/mol. The Morgan fingerprint density at radius 3 is 2.61 bits per heavy atom. The number of fused-ring (bicyclic) bond motifs is 1. The van der Waals surface area contributed by atoms with Gasteiger partial charge >= 0.3 is 12.0 Å². The van der Waals surface area contributed by atoms with Crippen LogP contribution < -0.4 is 5.32 Å². The zero-order valence-electron chi connectivity index (χ0n) is 18.8. The number of hydrazone groups is 1. The summed E-state index contributed by atoms with van der Waals surface area (Å²) < 4.78 is 4.97. The average molecular weight is 428 g/mol. The molecule has 0 atom stereocenters. The van der Waals surface area contributed by atoms with E-state index in [1.807, 2.05) is 32.0 Å². The van der Waals surface area contributed by atoms with Gasteiger partial charge in [0.1, 0.15) is 12.3 Å². The lowest BCUT2D eigenvalue weighted by molar-refractivity contribution is -0.143. The smallest absolute Gasteiger partial charge is 0.342 e. The Labute approximate surface area is 184 Å². The van der Waals surface area contributed by atoms with Crippen LogP contribution in [-0.2, 0) is 14.3 Å². The summed E-state index contributed by atoms with van der Waals surface area (Å²) in [6, 6.07) is 6.74. The molecule has 0 bridgehead atoms. The van der Waals surface area contributed by atoms with Gasteiger partial charge in [0.2, 0.25) is 0 Å². The number of ketones is 1. The van der Waals surface area contributed by atoms with Crippen molar-refractivity contribution in [2.75, 3.05) is 18.5 Å². The van der Waals surface area contributed by atoms with E-state index in [0.717, 1.165) is 11.4 Å². The molecule has 1 fully saturated rings. The second kappa shape index (κ2) is 10.1. The standard InChI is InChI=1S/C24H33N3O4/c1-4-31-22(29)16-27-23(30)25-19-13-9-8-12-18(19)20(26-27)14-21(28)24(2,3)15-17-10-6-5-7-11-17/h8-9,12-13,17H,4-7,10-11,14-16H2,1-3H3,(H,25,30). The second-order valence-electron chi connectivity index (χ2n) is 9.08. The Kier molecular flexibility index (Phi) is 7.46. The molecular formula is C24H33N3O4. The van der Waals surface area contributed by atoms with Crippen LogP contribution in [0.4, 0.5) is 10.5 Å². The van der Waals surface area contributed by atoms with Gasteiger partial charge in [0.25, 0.3) is 0 Å². The van der Waals surface area contributed by atoms with Crippen LogP contribution in [0.1, 0.15) is 71.3 Å². The van der Waals surface area contributed by atoms with Crippen molar-refractivity contribution in [3.05, 3.63) is 29.8 Å². The molecule has 1 aliphatic heterocycles. The van der Waals surface area contributed by atoms with Crippen LogP contribution in [0.3, 0.4) is 0 Å². The predicted octanol–water partition coefficient (Wildman–Crippen LogP) is 4.76. The number of ether oxygens (including phenoxy) is 1. The Hall–Kier alpha value is -2.70. The number of esters is 1. The lowest BCUT2D eigenvalue weighted by Crippen LogP contribution is -2.35. The third kappa shape index (κ3) is 5.93. The van der Waals surface area contributed by atoms with Gasteiger partial charge < -0.3 is 10.1 Å². The molecule has 168 valence electrons. The number of hydrogen-bond acceptors (Lipinski definition) is 5. The van der Waals surface area contributed by atoms with Gasteiger partial charge in [-0.05, 0) is 25.3 Å². The number of carbonyl (C=O) groups is 3. The van der Waals surface area contributed by atoms with Crippen molar-refractivity contribution in [2.24, 2.45) is 16.4 Å². The molecule has 1 aromatic rings. The van der Waals surface area contributed by atoms with E-state index in [2.05, 4.69) is 10.4 Å². The van der Waals surface area contributed by atoms with Crippen LogP contribution in [0.5, 0.6) is 0 Å². The predicted molar refractivity (Wildman–Crippen MR) is 120 cm³/mol. The zero-order chi connectivity index (χ0) is 22.4. The molecule has 31 heavy (non-hydrogen) atoms. The number of benzene rings is 1. The van der Waals surface area contributed by atoms with Crippen LogP contribution >= 0.6 is 0 Å². The summed E-state index contributed by atoms with van der Waals surface area (Å²) in [5.41, 5.74) is 1.29. The summed E-state index contributed by atoms with van der Waals surface area (Å²) in [7, 11) is 0. The fraction of sp³-hybridized carbons (Fsp3) is 0.583. The number of urea groups is 1. The number of amides is 2. The molecule has 0 radical (unpaired) electrons. The third-order valence-corrected chi connectivity index (χ3v) is 6.15. The summed E-state index contributed by atoms with van der Waals surface area (Å²) in [5, 5.41) is 8.27. The van der Waals surface area contributed by atoms with Crippen molar-refractivity contribution in [3.8, 4) is 0 Å². The van der Waals surface area contributed by atoms with Gasteiger partial charge in [0, 0.05) is 11.0 Å². The van der Waals surface area contributed by atoms with E-state index in [4.69, 9.17) is 4.74 Å². The highest BCUT2D eigenvalue weighted by molar-refractivity contribution is 6.17. The van der Waals surface area contributed by atoms with Gasteiger partial charge in [-0.2, -0.15) is 5.10 Å². The first-order valence-corrected chi connectivity index (χ1v) is 11.2. The molecule has 1 N–H and O–H groups in total. The summed E-state index contributed by atoms with van der Waals surface area (Å²) in [6.45, 7) is 5.63. The molecule has 0 aromatic heterocycles. The maximum absolute atomic E-state index is 13.3. The molecule has 1 aromatic carbocycles. The van der Waals surface area contributed by atoms with Gasteiger partial charge in [0.15, 0.2) is 0 Å². The van der Waals surface area contributed by atoms with E-state index in [1.54, 1.807) is 13.0 Å². The number of Topliss-reactive ketones (excluding diaryl/α,β-unsaturated/α-hetero) is 1. The summed E-state index contributed by atoms with van der Waals surface area (Å²) in [4.78, 5) is 37.9. The molecule has 1 aliphatic carbocycles. The Balaban J connectivity index is 1.83. The highest BCUT2D eigenvalue weighted by Crippen LogP contribution is 2.36. The SMILES string of the molecule is CCOC(=O)CN1N=C(CC(=O)C(C)(C)CC2CCCCC2)c2ccccc2NC1=O. The van der Waals surface area contributed by atoms with Gasteiger partial charge in [0.05, 0.1) is 24.4 Å². The number of anilines is 1. The van der Waals surface area contributed by atoms with Crippen LogP contribution in [-0.4, -0.2) is 41.7 Å². The number of para-hydroxylation sites is 1. The third-order valence-electron chi connectivity index (χ3n) is 6.15. The number of carbonyl (C=O) groups excluding carboxylic acids is 3. The number of hydrogen-bond donors (Lipinski definition) is 1. The molecule has 2 aliphatic rings. The van der Waals surface area contributed by atoms with E-state index in [1.165, 1.54) is 32.1 Å². The lowest BCUT2D eigenvalue weighted by Gasteiger charge is -2.31. The molecule has 0 spiro atoms. The van der Waals surface area contributed by atoms with Crippen LogP contribution in [0.15, 0.2) is 29.4 Å². The molecule has 1 saturated carbocycles. The Morgan fingerprint density at radius 2 is 1.90 bits per heavy atom. The van der Waals surface area contributed by atoms with Crippen molar-refractivity contribution in [1.82, 2.24) is 5.01 Å². The number of nitrogens with one attached hydrogen (secondary N) is 1. The van der Waals surface area contributed by atoms with Crippen molar-refractivity contribution < 1.29 is 19.1 Å². The topological polar surface area (TPSA) is 88.1 Å². The minimum atomic E-state index is -0.546. The van der Waals surface area contributed by atoms with Crippen molar-refractivity contribution in [1.29, 1.82) is 0 Å². The van der Waals surface area contributed by atoms with E-state index in [-0.39, 0.29) is 25.4 Å². The van der Waals surface area contributed by atoms with Gasteiger partial charge in [-0.1, -0.05) is 64.2 Å². The molecule has 7 heteroatoms. The van der Waals surface area contributed by atoms with Crippen LogP contribution in [0.25, 0.3) is 0 Å². The highest BCUT2D eigenvalue weighted by Gasteiger charge is 2.34. The minimum absolute atomic E-state index is 0.0945. The molecular weight excluding hydrogens is 394 g/mol. The van der Waals surface area contributed by atoms with Crippen LogP contribution in [0.2, 0.25) is 0 Å². The average Bonchev–Trinajstić information content (AvgIpc) is 2.85. The number of nitrogens with zero attached hydrogens (tertiary/aromatic N) is 2. The molecule has 0 saturated heterocycles. The maximum Gasteiger partial charge on any atom is 0.342 e. The van der Waals surface area contributed by atoms with Crippen molar-refractivity contribution in [2.45, 2.75) is 65.7 Å². The summed E-state index contributed by atoms with van der Waals surface area (Å²) in [5.74, 6) is 0.132. The summed E-state index contributed by atoms with van der Waals surface area (Å²) in [6.07, 6.45) is 7.11. The van der Waals surface area contributed by atoms with Crippen LogP contribution in [0, 0.1) is 11.3 Å². The minimum Gasteiger partial charge on any atom is -0.465 e. The molecule has 7 nitrogen and oxygen atoms in total. The Morgan fingerprint density at radius 1 is 1.19 bits per heavy atom. The molecule has 0 unspecified atom stereocenters. The maximum atomic E-state index is 13.3. The van der Waals surface area contributed by atoms with Gasteiger partial charge in [-0.25, -0.2) is 9.80 Å². The second-order valence-corrected chi connectivity index (χ2v) is 9.08. The van der Waals surface area contributed by atoms with Gasteiger partial charge in [-0.3, -0.25) is 9.59 Å². The normalized spacial score (nSPS) is 17.3. The highest BCUT2D eigenvalue weighted by atomic mass is 16.5. The van der Waals surface area contributed by atoms with E-state index < -0.39 is 17.4 Å².